The van der Waals surface area contributed by atoms with E-state index in [4.69, 9.17) is 0 Å². The lowest BCUT2D eigenvalue weighted by molar-refractivity contribution is -0.418. The minimum Gasteiger partial charge on any atom is -0.255 e. The predicted octanol–water partition coefficient (Wildman–Crippen LogP) is 5.34. The molecule has 0 N–H and O–H groups in total. The molecule has 0 saturated carbocycles. The molecule has 0 aliphatic carbocycles. The molecule has 0 amide bonds. The largest absolute Gasteiger partial charge is 0.255 e. The van der Waals surface area contributed by atoms with Crippen LogP contribution >= 0.6 is 0 Å². The van der Waals surface area contributed by atoms with Gasteiger partial charge in [0.15, 0.2) is 0 Å². The van der Waals surface area contributed by atoms with Crippen LogP contribution in [0.2, 0.25) is 0 Å². The summed E-state index contributed by atoms with van der Waals surface area (Å²) in [6.45, 7) is 12.1. The molecule has 0 radical (unpaired) electrons. The second-order valence-corrected chi connectivity index (χ2v) is 6.74. The number of hydrogen-bond acceptors (Lipinski definition) is 0. The van der Waals surface area contributed by atoms with Crippen molar-refractivity contribution in [3.05, 3.63) is 132 Å². The summed E-state index contributed by atoms with van der Waals surface area (Å²) in [6.07, 6.45) is 16.1. The van der Waals surface area contributed by atoms with E-state index in [-0.39, 0.29) is 0 Å². The number of aryl methyl sites for hydroxylation is 2. The van der Waals surface area contributed by atoms with Crippen LogP contribution in [0.3, 0.4) is 0 Å². The van der Waals surface area contributed by atoms with Crippen LogP contribution in [-0.4, -0.2) is 22.6 Å². The molecule has 2 aromatic rings. The monoisotopic (exact) mass is 366 g/mol. The predicted molar refractivity (Wildman–Crippen MR) is 118 cm³/mol. The van der Waals surface area contributed by atoms with Gasteiger partial charge in [-0.05, 0) is 23.3 Å². The molecule has 0 saturated heterocycles. The molecule has 2 aliphatic rings. The van der Waals surface area contributed by atoms with Crippen LogP contribution in [0.5, 0.6) is 0 Å². The third-order valence-electron chi connectivity index (χ3n) is 4.72. The molecule has 140 valence electrons. The molecule has 2 heterocycles. The number of rotatable bonds is 2. The first-order valence-electron chi connectivity index (χ1n) is 9.33. The van der Waals surface area contributed by atoms with Gasteiger partial charge in [0.2, 0.25) is 0 Å². The van der Waals surface area contributed by atoms with E-state index in [2.05, 4.69) is 88.0 Å². The molecular weight excluding hydrogens is 340 g/mol. The summed E-state index contributed by atoms with van der Waals surface area (Å²) in [5, 5.41) is 0. The number of nitrogens with zero attached hydrogens (tertiary/aromatic N) is 2. The Kier molecular flexibility index (Phi) is 6.13. The third-order valence-corrected chi connectivity index (χ3v) is 4.72. The van der Waals surface area contributed by atoms with Crippen molar-refractivity contribution in [1.82, 2.24) is 0 Å². The van der Waals surface area contributed by atoms with Crippen LogP contribution in [0.15, 0.2) is 97.4 Å². The maximum Gasteiger partial charge on any atom is 0.147 e. The molecule has 0 aromatic heterocycles. The highest BCUT2D eigenvalue weighted by molar-refractivity contribution is 5.43. The molecule has 0 bridgehead atoms. The Bertz CT molecular complexity index is 907. The summed E-state index contributed by atoms with van der Waals surface area (Å²) in [5.41, 5.74) is 5.03. The van der Waals surface area contributed by atoms with Gasteiger partial charge in [-0.15, -0.1) is 24.3 Å². The summed E-state index contributed by atoms with van der Waals surface area (Å²) >= 11 is 0. The van der Waals surface area contributed by atoms with Gasteiger partial charge in [0, 0.05) is 0 Å². The Morgan fingerprint density at radius 3 is 1.36 bits per heavy atom. The number of benzene rings is 2. The van der Waals surface area contributed by atoms with Gasteiger partial charge in [0.25, 0.3) is 0 Å². The molecule has 2 aliphatic heterocycles. The second-order valence-electron chi connectivity index (χ2n) is 6.74. The number of allylic oxidation sites excluding steroid dienone is 4. The Morgan fingerprint density at radius 1 is 0.607 bits per heavy atom. The molecule has 2 nitrogen and oxygen atoms in total. The Balaban J connectivity index is 0.000000161. The fourth-order valence-electron chi connectivity index (χ4n) is 3.16. The second kappa shape index (κ2) is 8.92. The minimum absolute atomic E-state index is 1.14. The van der Waals surface area contributed by atoms with Gasteiger partial charge in [-0.1, -0.05) is 73.5 Å². The van der Waals surface area contributed by atoms with Gasteiger partial charge < -0.3 is 0 Å². The summed E-state index contributed by atoms with van der Waals surface area (Å²) < 4.78 is 3.78. The number of hydrogen-bond donors (Lipinski definition) is 0. The maximum absolute atomic E-state index is 3.95. The van der Waals surface area contributed by atoms with E-state index in [1.165, 1.54) is 22.3 Å². The van der Waals surface area contributed by atoms with Crippen molar-refractivity contribution >= 4 is 13.4 Å². The average Bonchev–Trinajstić information content (AvgIpc) is 2.71. The molecule has 0 spiro atoms. The highest BCUT2D eigenvalue weighted by atomic mass is 15.0. The highest BCUT2D eigenvalue weighted by Gasteiger charge is 2.15. The van der Waals surface area contributed by atoms with Crippen molar-refractivity contribution in [3.8, 4) is 0 Å². The van der Waals surface area contributed by atoms with Gasteiger partial charge in [0.1, 0.15) is 24.5 Å². The van der Waals surface area contributed by atoms with Crippen molar-refractivity contribution < 1.29 is 9.15 Å². The van der Waals surface area contributed by atoms with Gasteiger partial charge in [-0.25, -0.2) is 0 Å². The Labute approximate surface area is 168 Å². The quantitative estimate of drug-likeness (QED) is 0.500. The fraction of sp³-hybridized carbons (Fsp3) is 0.0769. The van der Waals surface area contributed by atoms with E-state index in [1.54, 1.807) is 0 Å². The first-order chi connectivity index (χ1) is 13.6. The molecule has 2 aromatic carbocycles. The van der Waals surface area contributed by atoms with E-state index in [0.717, 1.165) is 12.1 Å². The van der Waals surface area contributed by atoms with Crippen LogP contribution in [0, 0.1) is 25.9 Å². The van der Waals surface area contributed by atoms with E-state index in [9.17, 15) is 0 Å². The van der Waals surface area contributed by atoms with Gasteiger partial charge in [-0.3, -0.25) is 9.15 Å². The van der Waals surface area contributed by atoms with Crippen molar-refractivity contribution in [3.63, 3.8) is 0 Å². The average molecular weight is 367 g/mol. The van der Waals surface area contributed by atoms with Crippen molar-refractivity contribution in [1.29, 1.82) is 0 Å². The zero-order valence-corrected chi connectivity index (χ0v) is 16.5. The van der Waals surface area contributed by atoms with Crippen molar-refractivity contribution in [2.45, 2.75) is 13.8 Å². The molecule has 2 heteroatoms. The van der Waals surface area contributed by atoms with Crippen molar-refractivity contribution in [2.75, 3.05) is 0 Å². The zero-order chi connectivity index (χ0) is 19.9. The third kappa shape index (κ3) is 4.41. The summed E-state index contributed by atoms with van der Waals surface area (Å²) in [5.74, 6) is 0. The van der Waals surface area contributed by atoms with E-state index in [1.807, 2.05) is 45.9 Å². The summed E-state index contributed by atoms with van der Waals surface area (Å²) in [6, 6.07) is 19.0. The van der Waals surface area contributed by atoms with Crippen LogP contribution in [0.25, 0.3) is 0 Å². The molecule has 4 rings (SSSR count). The molecule has 28 heavy (non-hydrogen) atoms. The summed E-state index contributed by atoms with van der Waals surface area (Å²) in [4.78, 5) is 0. The standard InChI is InChI=1S/2C13H13N/c2*1-11-7-3-4-8-12(11)13-9-5-6-10-14(13)2/h2*3-10H,2H2,1H3. The minimum atomic E-state index is 1.14. The normalized spacial score (nSPS) is 14.9. The first kappa shape index (κ1) is 19.2. The topological polar surface area (TPSA) is 6.02 Å². The van der Waals surface area contributed by atoms with E-state index < -0.39 is 0 Å². The van der Waals surface area contributed by atoms with Gasteiger partial charge in [-0.2, -0.15) is 0 Å². The summed E-state index contributed by atoms with van der Waals surface area (Å²) in [7, 11) is 0. The maximum atomic E-state index is 3.95. The van der Waals surface area contributed by atoms with Crippen LogP contribution in [0.4, 0.5) is 0 Å². The lowest BCUT2D eigenvalue weighted by Gasteiger charge is -2.18. The fourth-order valence-corrected chi connectivity index (χ4v) is 3.16. The van der Waals surface area contributed by atoms with Crippen molar-refractivity contribution in [2.24, 2.45) is 0 Å². The van der Waals surface area contributed by atoms with E-state index in [0.29, 0.717) is 0 Å². The Morgan fingerprint density at radius 2 is 1.00 bits per heavy atom. The van der Waals surface area contributed by atoms with Crippen LogP contribution in [0.1, 0.15) is 22.3 Å². The molecule has 0 unspecified atom stereocenters. The zero-order valence-electron chi connectivity index (χ0n) is 16.5. The smallest absolute Gasteiger partial charge is 0.147 e. The SMILES string of the molecule is C=[N+]1C=CC=C[C-]1c1ccccc1C.C=[N+]1C=CC=C[C-]1c1ccccc1C. The molecular formula is C26H26N2. The molecule has 0 fully saturated rings. The van der Waals surface area contributed by atoms with Crippen LogP contribution < -0.4 is 0 Å². The lowest BCUT2D eigenvalue weighted by atomic mass is 10.00. The molecule has 0 atom stereocenters. The first-order valence-corrected chi connectivity index (χ1v) is 9.33. The van der Waals surface area contributed by atoms with Gasteiger partial charge >= 0.3 is 0 Å². The highest BCUT2D eigenvalue weighted by Crippen LogP contribution is 2.23. The lowest BCUT2D eigenvalue weighted by Crippen LogP contribution is -2.13. The Hall–Kier alpha value is -3.52. The van der Waals surface area contributed by atoms with E-state index >= 15 is 0 Å². The van der Waals surface area contributed by atoms with Gasteiger partial charge in [0.05, 0.1) is 13.4 Å². The van der Waals surface area contributed by atoms with Crippen LogP contribution in [-0.2, 0) is 0 Å².